The molecule has 30 heavy (non-hydrogen) atoms. The van der Waals surface area contributed by atoms with E-state index in [2.05, 4.69) is 20.8 Å². The lowest BCUT2D eigenvalue weighted by Gasteiger charge is -2.11. The van der Waals surface area contributed by atoms with Crippen molar-refractivity contribution in [1.82, 2.24) is 20.1 Å². The summed E-state index contributed by atoms with van der Waals surface area (Å²) < 4.78 is 1.84. The minimum Gasteiger partial charge on any atom is -0.352 e. The number of anilines is 1. The molecule has 0 aliphatic heterocycles. The number of benzene rings is 2. The molecule has 0 saturated heterocycles. The van der Waals surface area contributed by atoms with Gasteiger partial charge in [0.15, 0.2) is 5.16 Å². The molecule has 0 spiro atoms. The van der Waals surface area contributed by atoms with Crippen molar-refractivity contribution in [2.45, 2.75) is 23.8 Å². The number of para-hydroxylation sites is 1. The summed E-state index contributed by atoms with van der Waals surface area (Å²) in [5.41, 5.74) is 1.30. The van der Waals surface area contributed by atoms with E-state index in [9.17, 15) is 9.59 Å². The largest absolute Gasteiger partial charge is 0.352 e. The number of aromatic nitrogens is 3. The number of rotatable bonds is 8. The number of nitrogens with zero attached hydrogens (tertiary/aromatic N) is 3. The third kappa shape index (κ3) is 5.84. The topological polar surface area (TPSA) is 88.9 Å². The van der Waals surface area contributed by atoms with Crippen molar-refractivity contribution in [1.29, 1.82) is 0 Å². The van der Waals surface area contributed by atoms with Gasteiger partial charge in [-0.15, -0.1) is 10.2 Å². The second-order valence-electron chi connectivity index (χ2n) is 6.59. The van der Waals surface area contributed by atoms with Crippen LogP contribution in [-0.4, -0.2) is 38.4 Å². The highest BCUT2D eigenvalue weighted by Gasteiger charge is 2.19. The Kier molecular flexibility index (Phi) is 7.48. The summed E-state index contributed by atoms with van der Waals surface area (Å²) in [6.45, 7) is 2.24. The molecule has 0 radical (unpaired) electrons. The summed E-state index contributed by atoms with van der Waals surface area (Å²) in [7, 11) is 1.85. The molecule has 1 aromatic heterocycles. The fourth-order valence-corrected chi connectivity index (χ4v) is 3.59. The molecular weight excluding hydrogens is 422 g/mol. The van der Waals surface area contributed by atoms with Gasteiger partial charge in [-0.25, -0.2) is 0 Å². The Hall–Kier alpha value is -2.84. The van der Waals surface area contributed by atoms with E-state index in [4.69, 9.17) is 11.6 Å². The van der Waals surface area contributed by atoms with Crippen molar-refractivity contribution in [2.24, 2.45) is 7.05 Å². The molecule has 0 aliphatic carbocycles. The van der Waals surface area contributed by atoms with Crippen molar-refractivity contribution in [2.75, 3.05) is 11.9 Å². The molecular formula is C21H22ClN5O2S. The van der Waals surface area contributed by atoms with E-state index in [1.807, 2.05) is 48.9 Å². The van der Waals surface area contributed by atoms with Crippen LogP contribution in [0.1, 0.15) is 23.1 Å². The third-order valence-electron chi connectivity index (χ3n) is 4.36. The Bertz CT molecular complexity index is 1010. The smallest absolute Gasteiger partial charge is 0.251 e. The molecule has 2 aromatic carbocycles. The van der Waals surface area contributed by atoms with E-state index >= 15 is 0 Å². The zero-order valence-corrected chi connectivity index (χ0v) is 18.2. The molecule has 7 nitrogen and oxygen atoms in total. The molecule has 1 heterocycles. The number of amides is 2. The van der Waals surface area contributed by atoms with E-state index in [-0.39, 0.29) is 17.1 Å². The summed E-state index contributed by atoms with van der Waals surface area (Å²) in [5, 5.41) is 15.0. The normalized spacial score (nSPS) is 11.7. The fourth-order valence-electron chi connectivity index (χ4n) is 2.63. The molecule has 1 unspecified atom stereocenters. The van der Waals surface area contributed by atoms with Crippen LogP contribution in [0.2, 0.25) is 5.02 Å². The Morgan fingerprint density at radius 2 is 1.80 bits per heavy atom. The van der Waals surface area contributed by atoms with Crippen LogP contribution >= 0.6 is 23.4 Å². The predicted octanol–water partition coefficient (Wildman–Crippen LogP) is 3.56. The lowest BCUT2D eigenvalue weighted by Crippen LogP contribution is -2.26. The first-order valence-electron chi connectivity index (χ1n) is 9.38. The summed E-state index contributed by atoms with van der Waals surface area (Å²) in [4.78, 5) is 24.6. The van der Waals surface area contributed by atoms with Crippen LogP contribution in [0.25, 0.3) is 0 Å². The quantitative estimate of drug-likeness (QED) is 0.519. The van der Waals surface area contributed by atoms with Gasteiger partial charge in [-0.05, 0) is 43.3 Å². The van der Waals surface area contributed by atoms with E-state index < -0.39 is 0 Å². The van der Waals surface area contributed by atoms with Crippen molar-refractivity contribution in [3.05, 3.63) is 71.0 Å². The van der Waals surface area contributed by atoms with Gasteiger partial charge in [0.25, 0.3) is 5.91 Å². The zero-order chi connectivity index (χ0) is 21.5. The van der Waals surface area contributed by atoms with Gasteiger partial charge in [0, 0.05) is 36.3 Å². The molecule has 2 N–H and O–H groups in total. The van der Waals surface area contributed by atoms with Gasteiger partial charge in [0.05, 0.1) is 5.25 Å². The third-order valence-corrected chi connectivity index (χ3v) is 5.74. The van der Waals surface area contributed by atoms with Gasteiger partial charge >= 0.3 is 0 Å². The first-order chi connectivity index (χ1) is 14.4. The minimum absolute atomic E-state index is 0.106. The van der Waals surface area contributed by atoms with Crippen LogP contribution in [0.4, 0.5) is 5.69 Å². The average molecular weight is 444 g/mol. The number of carbonyl (C=O) groups is 2. The molecule has 1 atom stereocenters. The van der Waals surface area contributed by atoms with Gasteiger partial charge in [-0.3, -0.25) is 9.59 Å². The van der Waals surface area contributed by atoms with Gasteiger partial charge in [0.2, 0.25) is 5.91 Å². The minimum atomic E-state index is -0.342. The van der Waals surface area contributed by atoms with Crippen molar-refractivity contribution < 1.29 is 9.59 Å². The highest BCUT2D eigenvalue weighted by Crippen LogP contribution is 2.22. The molecule has 156 valence electrons. The Morgan fingerprint density at radius 1 is 1.10 bits per heavy atom. The number of nitrogens with one attached hydrogen (secondary N) is 2. The molecule has 0 bridgehead atoms. The molecule has 3 aromatic rings. The Labute approximate surface area is 184 Å². The first kappa shape index (κ1) is 21.9. The molecule has 2 amide bonds. The summed E-state index contributed by atoms with van der Waals surface area (Å²) >= 11 is 7.17. The molecule has 0 aliphatic rings. The van der Waals surface area contributed by atoms with Crippen LogP contribution in [0.15, 0.2) is 59.8 Å². The maximum Gasteiger partial charge on any atom is 0.251 e. The van der Waals surface area contributed by atoms with Crippen LogP contribution in [0, 0.1) is 0 Å². The van der Waals surface area contributed by atoms with E-state index in [1.54, 1.807) is 24.3 Å². The maximum atomic E-state index is 12.4. The number of hydrogen-bond acceptors (Lipinski definition) is 5. The van der Waals surface area contributed by atoms with E-state index in [0.717, 1.165) is 11.5 Å². The highest BCUT2D eigenvalue weighted by molar-refractivity contribution is 8.00. The standard InChI is InChI=1S/C21H22ClN5O2S/c1-14(19(28)24-17-6-4-3-5-7-17)30-21-26-25-18(27(21)2)12-13-23-20(29)15-8-10-16(22)11-9-15/h3-11,14H,12-13H2,1-2H3,(H,23,29)(H,24,28). The molecule has 0 fully saturated rings. The van der Waals surface area contributed by atoms with E-state index in [0.29, 0.717) is 28.7 Å². The Balaban J connectivity index is 1.50. The summed E-state index contributed by atoms with van der Waals surface area (Å²) in [5.74, 6) is 0.449. The second-order valence-corrected chi connectivity index (χ2v) is 8.33. The van der Waals surface area contributed by atoms with Crippen LogP contribution in [-0.2, 0) is 18.3 Å². The van der Waals surface area contributed by atoms with Crippen LogP contribution in [0.5, 0.6) is 0 Å². The summed E-state index contributed by atoms with van der Waals surface area (Å²) in [6, 6.07) is 16.0. The van der Waals surface area contributed by atoms with Crippen LogP contribution in [0.3, 0.4) is 0 Å². The number of carbonyl (C=O) groups excluding carboxylic acids is 2. The monoisotopic (exact) mass is 443 g/mol. The zero-order valence-electron chi connectivity index (χ0n) is 16.6. The first-order valence-corrected chi connectivity index (χ1v) is 10.6. The van der Waals surface area contributed by atoms with Crippen LogP contribution < -0.4 is 10.6 Å². The molecule has 9 heteroatoms. The maximum absolute atomic E-state index is 12.4. The van der Waals surface area contributed by atoms with Gasteiger partial charge in [-0.2, -0.15) is 0 Å². The highest BCUT2D eigenvalue weighted by atomic mass is 35.5. The number of halogens is 1. The lowest BCUT2D eigenvalue weighted by atomic mass is 10.2. The van der Waals surface area contributed by atoms with Crippen molar-refractivity contribution in [3.63, 3.8) is 0 Å². The lowest BCUT2D eigenvalue weighted by molar-refractivity contribution is -0.115. The predicted molar refractivity (Wildman–Crippen MR) is 119 cm³/mol. The van der Waals surface area contributed by atoms with Gasteiger partial charge in [0.1, 0.15) is 5.82 Å². The SMILES string of the molecule is CC(Sc1nnc(CCNC(=O)c2ccc(Cl)cc2)n1C)C(=O)Nc1ccccc1. The van der Waals surface area contributed by atoms with E-state index in [1.165, 1.54) is 11.8 Å². The van der Waals surface area contributed by atoms with Gasteiger partial charge < -0.3 is 15.2 Å². The van der Waals surface area contributed by atoms with Crippen molar-refractivity contribution >= 4 is 40.9 Å². The van der Waals surface area contributed by atoms with Gasteiger partial charge in [-0.1, -0.05) is 41.6 Å². The van der Waals surface area contributed by atoms with Crippen molar-refractivity contribution in [3.8, 4) is 0 Å². The fraction of sp³-hybridized carbons (Fsp3) is 0.238. The molecule has 0 saturated carbocycles. The Morgan fingerprint density at radius 3 is 2.50 bits per heavy atom. The summed E-state index contributed by atoms with van der Waals surface area (Å²) in [6.07, 6.45) is 0.522. The number of thioether (sulfide) groups is 1. The second kappa shape index (κ2) is 10.3. The molecule has 3 rings (SSSR count). The average Bonchev–Trinajstić information content (AvgIpc) is 3.08. The number of hydrogen-bond donors (Lipinski definition) is 2.